The quantitative estimate of drug-likeness (QED) is 0.787. The molecule has 4 nitrogen and oxygen atoms in total. The number of hydrogen-bond donors (Lipinski definition) is 1. The Morgan fingerprint density at radius 2 is 2.18 bits per heavy atom. The number of hydrogen-bond acceptors (Lipinski definition) is 4. The Hall–Kier alpha value is -1.16. The van der Waals surface area contributed by atoms with Gasteiger partial charge in [0.25, 0.3) is 0 Å². The van der Waals surface area contributed by atoms with E-state index in [1.165, 1.54) is 12.8 Å². The first-order valence-corrected chi connectivity index (χ1v) is 6.31. The fourth-order valence-electron chi connectivity index (χ4n) is 1.70. The van der Waals surface area contributed by atoms with Crippen molar-refractivity contribution >= 4 is 5.82 Å². The van der Waals surface area contributed by atoms with Gasteiger partial charge in [-0.25, -0.2) is 9.97 Å². The number of anilines is 1. The zero-order valence-electron chi connectivity index (χ0n) is 11.4. The summed E-state index contributed by atoms with van der Waals surface area (Å²) in [6, 6.07) is 1.97. The van der Waals surface area contributed by atoms with Crippen LogP contribution in [0.2, 0.25) is 0 Å². The van der Waals surface area contributed by atoms with E-state index in [1.807, 2.05) is 19.3 Å². The van der Waals surface area contributed by atoms with Crippen LogP contribution in [0.25, 0.3) is 0 Å². The molecule has 0 amide bonds. The van der Waals surface area contributed by atoms with Crippen molar-refractivity contribution in [1.29, 1.82) is 0 Å². The maximum atomic E-state index is 4.51. The first kappa shape index (κ1) is 13.9. The topological polar surface area (TPSA) is 41.1 Å². The SMILES string of the molecule is CNCc1nccc(N(C)CCCC(C)C)n1. The standard InChI is InChI=1S/C13H24N4/c1-11(2)6-5-9-17(4)13-7-8-15-12(16-13)10-14-3/h7-8,11,14H,5-6,9-10H2,1-4H3. The molecule has 0 atom stereocenters. The van der Waals surface area contributed by atoms with E-state index in [0.717, 1.165) is 24.1 Å². The summed E-state index contributed by atoms with van der Waals surface area (Å²) in [4.78, 5) is 10.9. The predicted octanol–water partition coefficient (Wildman–Crippen LogP) is 2.07. The van der Waals surface area contributed by atoms with Crippen LogP contribution in [0, 0.1) is 5.92 Å². The summed E-state index contributed by atoms with van der Waals surface area (Å²) < 4.78 is 0. The van der Waals surface area contributed by atoms with E-state index in [4.69, 9.17) is 0 Å². The van der Waals surface area contributed by atoms with E-state index in [1.54, 1.807) is 0 Å². The third-order valence-corrected chi connectivity index (χ3v) is 2.69. The Kier molecular flexibility index (Phi) is 5.91. The molecule has 0 aromatic carbocycles. The van der Waals surface area contributed by atoms with E-state index in [9.17, 15) is 0 Å². The molecule has 0 saturated carbocycles. The number of nitrogens with zero attached hydrogens (tertiary/aromatic N) is 3. The van der Waals surface area contributed by atoms with Gasteiger partial charge in [-0.05, 0) is 31.9 Å². The van der Waals surface area contributed by atoms with E-state index in [0.29, 0.717) is 6.54 Å². The van der Waals surface area contributed by atoms with E-state index >= 15 is 0 Å². The Morgan fingerprint density at radius 1 is 1.41 bits per heavy atom. The predicted molar refractivity (Wildman–Crippen MR) is 72.1 cm³/mol. The van der Waals surface area contributed by atoms with Crippen molar-refractivity contribution in [2.75, 3.05) is 25.5 Å². The first-order chi connectivity index (χ1) is 8.13. The second-order valence-corrected chi connectivity index (χ2v) is 4.82. The summed E-state index contributed by atoms with van der Waals surface area (Å²) in [5, 5.41) is 3.06. The summed E-state index contributed by atoms with van der Waals surface area (Å²) in [7, 11) is 3.99. The molecule has 1 N–H and O–H groups in total. The molecule has 96 valence electrons. The molecule has 1 rings (SSSR count). The lowest BCUT2D eigenvalue weighted by molar-refractivity contribution is 0.554. The molecule has 1 heterocycles. The fraction of sp³-hybridized carbons (Fsp3) is 0.692. The molecular weight excluding hydrogens is 212 g/mol. The van der Waals surface area contributed by atoms with E-state index in [2.05, 4.69) is 41.1 Å². The van der Waals surface area contributed by atoms with Gasteiger partial charge in [-0.3, -0.25) is 0 Å². The van der Waals surface area contributed by atoms with Gasteiger partial charge in [0.1, 0.15) is 11.6 Å². The minimum atomic E-state index is 0.716. The van der Waals surface area contributed by atoms with Crippen LogP contribution in [0.3, 0.4) is 0 Å². The molecule has 0 saturated heterocycles. The van der Waals surface area contributed by atoms with E-state index in [-0.39, 0.29) is 0 Å². The number of aromatic nitrogens is 2. The smallest absolute Gasteiger partial charge is 0.144 e. The van der Waals surface area contributed by atoms with Crippen molar-refractivity contribution < 1.29 is 0 Å². The summed E-state index contributed by atoms with van der Waals surface area (Å²) in [6.07, 6.45) is 4.30. The van der Waals surface area contributed by atoms with Crippen molar-refractivity contribution in [1.82, 2.24) is 15.3 Å². The van der Waals surface area contributed by atoms with Crippen LogP contribution in [0.15, 0.2) is 12.3 Å². The maximum Gasteiger partial charge on any atom is 0.144 e. The third-order valence-electron chi connectivity index (χ3n) is 2.69. The van der Waals surface area contributed by atoms with Gasteiger partial charge in [0.15, 0.2) is 0 Å². The molecule has 0 aliphatic carbocycles. The summed E-state index contributed by atoms with van der Waals surface area (Å²) >= 11 is 0. The average molecular weight is 236 g/mol. The van der Waals surface area contributed by atoms with Crippen LogP contribution in [-0.2, 0) is 6.54 Å². The molecule has 1 aromatic rings. The van der Waals surface area contributed by atoms with Crippen molar-refractivity contribution in [3.05, 3.63) is 18.1 Å². The van der Waals surface area contributed by atoms with Gasteiger partial charge in [-0.1, -0.05) is 13.8 Å². The van der Waals surface area contributed by atoms with Crippen molar-refractivity contribution in [3.63, 3.8) is 0 Å². The zero-order valence-corrected chi connectivity index (χ0v) is 11.4. The van der Waals surface area contributed by atoms with Crippen LogP contribution in [0.1, 0.15) is 32.5 Å². The molecule has 0 aliphatic rings. The molecule has 17 heavy (non-hydrogen) atoms. The first-order valence-electron chi connectivity index (χ1n) is 6.31. The van der Waals surface area contributed by atoms with Gasteiger partial charge in [-0.2, -0.15) is 0 Å². The van der Waals surface area contributed by atoms with E-state index < -0.39 is 0 Å². The van der Waals surface area contributed by atoms with Gasteiger partial charge >= 0.3 is 0 Å². The maximum absolute atomic E-state index is 4.51. The van der Waals surface area contributed by atoms with Crippen molar-refractivity contribution in [3.8, 4) is 0 Å². The second kappa shape index (κ2) is 7.22. The lowest BCUT2D eigenvalue weighted by Crippen LogP contribution is -2.21. The van der Waals surface area contributed by atoms with Crippen LogP contribution in [0.5, 0.6) is 0 Å². The average Bonchev–Trinajstić information content (AvgIpc) is 2.29. The van der Waals surface area contributed by atoms with Crippen LogP contribution >= 0.6 is 0 Å². The summed E-state index contributed by atoms with van der Waals surface area (Å²) in [6.45, 7) is 6.29. The Bertz CT molecular complexity index is 325. The van der Waals surface area contributed by atoms with Crippen LogP contribution in [-0.4, -0.2) is 30.6 Å². The zero-order chi connectivity index (χ0) is 12.7. The summed E-state index contributed by atoms with van der Waals surface area (Å²) in [5.74, 6) is 2.63. The second-order valence-electron chi connectivity index (χ2n) is 4.82. The third kappa shape index (κ3) is 5.13. The van der Waals surface area contributed by atoms with Gasteiger partial charge in [0.05, 0.1) is 6.54 Å². The Balaban J connectivity index is 2.50. The molecule has 0 spiro atoms. The molecular formula is C13H24N4. The number of nitrogens with one attached hydrogen (secondary N) is 1. The monoisotopic (exact) mass is 236 g/mol. The highest BCUT2D eigenvalue weighted by atomic mass is 15.2. The normalized spacial score (nSPS) is 10.9. The number of rotatable bonds is 7. The van der Waals surface area contributed by atoms with Crippen LogP contribution in [0.4, 0.5) is 5.82 Å². The summed E-state index contributed by atoms with van der Waals surface area (Å²) in [5.41, 5.74) is 0. The molecule has 0 unspecified atom stereocenters. The van der Waals surface area contributed by atoms with Crippen LogP contribution < -0.4 is 10.2 Å². The molecule has 0 fully saturated rings. The highest BCUT2D eigenvalue weighted by Crippen LogP contribution is 2.10. The molecule has 0 bridgehead atoms. The molecule has 0 aliphatic heterocycles. The lowest BCUT2D eigenvalue weighted by Gasteiger charge is -2.18. The Morgan fingerprint density at radius 3 is 2.82 bits per heavy atom. The minimum absolute atomic E-state index is 0.716. The largest absolute Gasteiger partial charge is 0.360 e. The highest BCUT2D eigenvalue weighted by Gasteiger charge is 2.04. The van der Waals surface area contributed by atoms with Gasteiger partial charge < -0.3 is 10.2 Å². The van der Waals surface area contributed by atoms with Gasteiger partial charge in [-0.15, -0.1) is 0 Å². The highest BCUT2D eigenvalue weighted by molar-refractivity contribution is 5.35. The molecule has 4 heteroatoms. The lowest BCUT2D eigenvalue weighted by atomic mass is 10.1. The Labute approximate surface area is 104 Å². The van der Waals surface area contributed by atoms with Crippen molar-refractivity contribution in [2.24, 2.45) is 5.92 Å². The van der Waals surface area contributed by atoms with Gasteiger partial charge in [0, 0.05) is 19.8 Å². The molecule has 0 radical (unpaired) electrons. The van der Waals surface area contributed by atoms with Crippen molar-refractivity contribution in [2.45, 2.75) is 33.2 Å². The molecule has 1 aromatic heterocycles. The van der Waals surface area contributed by atoms with Gasteiger partial charge in [0.2, 0.25) is 0 Å². The fourth-order valence-corrected chi connectivity index (χ4v) is 1.70. The minimum Gasteiger partial charge on any atom is -0.360 e.